The third-order valence-corrected chi connectivity index (χ3v) is 7.45. The summed E-state index contributed by atoms with van der Waals surface area (Å²) in [7, 11) is -3.73. The van der Waals surface area contributed by atoms with Crippen LogP contribution in [0.1, 0.15) is 39.2 Å². The summed E-state index contributed by atoms with van der Waals surface area (Å²) in [6.07, 6.45) is 0.553. The summed E-state index contributed by atoms with van der Waals surface area (Å²) in [5, 5.41) is 10.2. The Bertz CT molecular complexity index is 810. The molecule has 2 atom stereocenters. The normalized spacial score (nSPS) is 19.7. The smallest absolute Gasteiger partial charge is 0.313 e. The first kappa shape index (κ1) is 23.4. The number of carbonyl (C=O) groups excluding carboxylic acids is 2. The molecule has 1 saturated heterocycles. The van der Waals surface area contributed by atoms with Crippen molar-refractivity contribution >= 4 is 19.2 Å². The molecule has 29 heavy (non-hydrogen) atoms. The van der Waals surface area contributed by atoms with E-state index in [-0.39, 0.29) is 25.5 Å². The highest BCUT2D eigenvalue weighted by atomic mass is 31.2. The van der Waals surface area contributed by atoms with Crippen molar-refractivity contribution < 1.29 is 37.4 Å². The first-order valence-corrected chi connectivity index (χ1v) is 11.2. The first-order chi connectivity index (χ1) is 13.4. The zero-order valence-electron chi connectivity index (χ0n) is 16.7. The molecule has 1 aliphatic heterocycles. The molecule has 7 nitrogen and oxygen atoms in total. The van der Waals surface area contributed by atoms with Gasteiger partial charge in [0, 0.05) is 12.7 Å². The third kappa shape index (κ3) is 6.07. The van der Waals surface area contributed by atoms with Gasteiger partial charge >= 0.3 is 5.97 Å². The van der Waals surface area contributed by atoms with Gasteiger partial charge in [-0.3, -0.25) is 23.9 Å². The van der Waals surface area contributed by atoms with Crippen LogP contribution in [0.5, 0.6) is 0 Å². The monoisotopic (exact) mass is 433 g/mol. The van der Waals surface area contributed by atoms with Gasteiger partial charge in [-0.05, 0) is 57.7 Å². The van der Waals surface area contributed by atoms with Gasteiger partial charge in [-0.1, -0.05) is 6.07 Å². The summed E-state index contributed by atoms with van der Waals surface area (Å²) in [6, 6.07) is 3.30. The molecule has 1 amide bonds. The number of amides is 1. The Kier molecular flexibility index (Phi) is 7.54. The van der Waals surface area contributed by atoms with E-state index in [2.05, 4.69) is 0 Å². The van der Waals surface area contributed by atoms with Gasteiger partial charge in [0.25, 0.3) is 5.91 Å². The number of piperidine rings is 1. The minimum absolute atomic E-state index is 0.0525. The fraction of sp³-hybridized carbons (Fsp3) is 0.579. The predicted molar refractivity (Wildman–Crippen MR) is 101 cm³/mol. The Balaban J connectivity index is 2.15. The van der Waals surface area contributed by atoms with Crippen LogP contribution < -0.4 is 0 Å². The highest BCUT2D eigenvalue weighted by Crippen LogP contribution is 2.55. The van der Waals surface area contributed by atoms with Crippen molar-refractivity contribution in [2.75, 3.05) is 19.5 Å². The molecule has 2 unspecified atom stereocenters. The lowest BCUT2D eigenvalue weighted by atomic mass is 9.98. The predicted octanol–water partition coefficient (Wildman–Crippen LogP) is 3.73. The average molecular weight is 433 g/mol. The standard InChI is InChI=1S/C19H26F2NO6P/c1-19(2,3)18(24)27-12-28-29(26,16-5-4-9-22(25)17(16)23)10-8-13-6-7-14(20)15(21)11-13/h6-7,11,16,25H,4-5,8-10,12H2,1-3H3. The van der Waals surface area contributed by atoms with Crippen molar-refractivity contribution in [3.05, 3.63) is 35.4 Å². The number of rotatable bonds is 7. The summed E-state index contributed by atoms with van der Waals surface area (Å²) >= 11 is 0. The molecule has 2 rings (SSSR count). The van der Waals surface area contributed by atoms with Gasteiger partial charge in [0.2, 0.25) is 7.37 Å². The maximum Gasteiger partial charge on any atom is 0.313 e. The number of hydroxylamine groups is 2. The van der Waals surface area contributed by atoms with E-state index in [0.29, 0.717) is 17.0 Å². The molecule has 1 heterocycles. The van der Waals surface area contributed by atoms with Crippen molar-refractivity contribution in [1.29, 1.82) is 0 Å². The van der Waals surface area contributed by atoms with Crippen LogP contribution in [0.3, 0.4) is 0 Å². The topological polar surface area (TPSA) is 93.1 Å². The number of hydrogen-bond acceptors (Lipinski definition) is 6. The van der Waals surface area contributed by atoms with Crippen molar-refractivity contribution in [3.8, 4) is 0 Å². The second-order valence-corrected chi connectivity index (χ2v) is 10.8. The summed E-state index contributed by atoms with van der Waals surface area (Å²) in [4.78, 5) is 24.3. The van der Waals surface area contributed by atoms with Crippen LogP contribution in [0.4, 0.5) is 8.78 Å². The fourth-order valence-corrected chi connectivity index (χ4v) is 5.35. The molecule has 1 aliphatic rings. The van der Waals surface area contributed by atoms with Crippen LogP contribution in [-0.4, -0.2) is 47.3 Å². The van der Waals surface area contributed by atoms with E-state index in [4.69, 9.17) is 9.26 Å². The second kappa shape index (κ2) is 9.32. The number of halogens is 2. The van der Waals surface area contributed by atoms with Crippen LogP contribution in [0.2, 0.25) is 0 Å². The van der Waals surface area contributed by atoms with Gasteiger partial charge in [0.05, 0.1) is 5.41 Å². The Morgan fingerprint density at radius 2 is 2.00 bits per heavy atom. The largest absolute Gasteiger partial charge is 0.438 e. The van der Waals surface area contributed by atoms with Gasteiger partial charge in [-0.2, -0.15) is 0 Å². The van der Waals surface area contributed by atoms with Crippen LogP contribution in [-0.2, 0) is 29.8 Å². The summed E-state index contributed by atoms with van der Waals surface area (Å²) < 4.78 is 50.5. The third-order valence-electron chi connectivity index (χ3n) is 4.63. The minimum Gasteiger partial charge on any atom is -0.438 e. The van der Waals surface area contributed by atoms with E-state index >= 15 is 0 Å². The van der Waals surface area contributed by atoms with E-state index in [0.717, 1.165) is 12.1 Å². The summed E-state index contributed by atoms with van der Waals surface area (Å²) in [5.74, 6) is -3.33. The van der Waals surface area contributed by atoms with Gasteiger partial charge in [0.1, 0.15) is 5.66 Å². The Hall–Kier alpha value is -1.83. The van der Waals surface area contributed by atoms with Crippen molar-refractivity contribution in [1.82, 2.24) is 5.06 Å². The van der Waals surface area contributed by atoms with E-state index in [1.807, 2.05) is 0 Å². The summed E-state index contributed by atoms with van der Waals surface area (Å²) in [6.45, 7) is 4.45. The maximum atomic E-state index is 13.5. The van der Waals surface area contributed by atoms with Gasteiger partial charge in [0.15, 0.2) is 18.4 Å². The molecule has 1 aromatic carbocycles. The molecule has 0 bridgehead atoms. The number of aryl methyl sites for hydroxylation is 1. The number of benzene rings is 1. The highest BCUT2D eigenvalue weighted by molar-refractivity contribution is 7.60. The summed E-state index contributed by atoms with van der Waals surface area (Å²) in [5.41, 5.74) is -1.51. The quantitative estimate of drug-likeness (QED) is 0.305. The lowest BCUT2D eigenvalue weighted by Crippen LogP contribution is -2.42. The molecule has 1 N–H and O–H groups in total. The van der Waals surface area contributed by atoms with Gasteiger partial charge in [-0.25, -0.2) is 13.8 Å². The second-order valence-electron chi connectivity index (χ2n) is 8.00. The minimum atomic E-state index is -3.73. The van der Waals surface area contributed by atoms with E-state index in [1.54, 1.807) is 20.8 Å². The lowest BCUT2D eigenvalue weighted by Gasteiger charge is -2.32. The Labute approximate surface area is 168 Å². The van der Waals surface area contributed by atoms with E-state index < -0.39 is 48.7 Å². The highest BCUT2D eigenvalue weighted by Gasteiger charge is 2.43. The molecule has 0 radical (unpaired) electrons. The molecule has 0 spiro atoms. The molecule has 162 valence electrons. The zero-order valence-corrected chi connectivity index (χ0v) is 17.6. The fourth-order valence-electron chi connectivity index (χ4n) is 2.88. The van der Waals surface area contributed by atoms with Crippen LogP contribution >= 0.6 is 7.37 Å². The van der Waals surface area contributed by atoms with Gasteiger partial charge in [-0.15, -0.1) is 0 Å². The molecule has 0 saturated carbocycles. The van der Waals surface area contributed by atoms with E-state index in [1.165, 1.54) is 6.07 Å². The molecule has 10 heteroatoms. The van der Waals surface area contributed by atoms with Crippen LogP contribution in [0, 0.1) is 17.0 Å². The number of esters is 1. The van der Waals surface area contributed by atoms with Crippen molar-refractivity contribution in [3.63, 3.8) is 0 Å². The molecule has 1 fully saturated rings. The SMILES string of the molecule is CC(C)(C)C(=O)OCOP(=O)(CCc1ccc(F)c(F)c1)C1CCCN(O)C1=O. The van der Waals surface area contributed by atoms with Crippen molar-refractivity contribution in [2.45, 2.75) is 45.7 Å². The lowest BCUT2D eigenvalue weighted by molar-refractivity contribution is -0.169. The Morgan fingerprint density at radius 1 is 1.31 bits per heavy atom. The van der Waals surface area contributed by atoms with Crippen LogP contribution in [0.25, 0.3) is 0 Å². The maximum absolute atomic E-state index is 13.5. The van der Waals surface area contributed by atoms with Gasteiger partial charge < -0.3 is 4.74 Å². The van der Waals surface area contributed by atoms with E-state index in [9.17, 15) is 28.1 Å². The van der Waals surface area contributed by atoms with Crippen molar-refractivity contribution in [2.24, 2.45) is 5.41 Å². The number of hydrogen-bond donors (Lipinski definition) is 1. The number of nitrogens with zero attached hydrogens (tertiary/aromatic N) is 1. The number of carbonyl (C=O) groups is 2. The molecule has 1 aromatic rings. The first-order valence-electron chi connectivity index (χ1n) is 9.29. The number of ether oxygens (including phenoxy) is 1. The average Bonchev–Trinajstić information content (AvgIpc) is 2.64. The molecule has 0 aliphatic carbocycles. The zero-order chi connectivity index (χ0) is 21.8. The molecular formula is C19H26F2NO6P. The molecular weight excluding hydrogens is 407 g/mol. The molecule has 0 aromatic heterocycles. The van der Waals surface area contributed by atoms with Crippen LogP contribution in [0.15, 0.2) is 18.2 Å². The Morgan fingerprint density at radius 3 is 2.62 bits per heavy atom.